The molecule has 9 heteroatoms. The summed E-state index contributed by atoms with van der Waals surface area (Å²) in [4.78, 5) is 30.1. The van der Waals surface area contributed by atoms with Crippen LogP contribution < -0.4 is 9.47 Å². The van der Waals surface area contributed by atoms with Crippen LogP contribution >= 0.6 is 0 Å². The average Bonchev–Trinajstić information content (AvgIpc) is 3.65. The van der Waals surface area contributed by atoms with Crippen LogP contribution in [0.3, 0.4) is 0 Å². The number of aromatic nitrogens is 2. The van der Waals surface area contributed by atoms with Crippen molar-refractivity contribution < 1.29 is 24.2 Å². The second kappa shape index (κ2) is 16.0. The van der Waals surface area contributed by atoms with Crippen molar-refractivity contribution in [2.24, 2.45) is 0 Å². The van der Waals surface area contributed by atoms with Crippen LogP contribution in [0, 0.1) is 0 Å². The highest BCUT2D eigenvalue weighted by atomic mass is 16.5. The topological polar surface area (TPSA) is 89.2 Å². The Balaban J connectivity index is 0.000000191. The lowest BCUT2D eigenvalue weighted by atomic mass is 9.84. The predicted molar refractivity (Wildman–Crippen MR) is 198 cm³/mol. The van der Waals surface area contributed by atoms with Gasteiger partial charge in [0, 0.05) is 61.1 Å². The zero-order valence-corrected chi connectivity index (χ0v) is 30.3. The SMILES string of the molecule is C=Cn1c2c(c3c(OC)cccc31)C(C(=O)N(CC)CC)CCC2.CCN(CC)C(=O)C1CCCc2c1c1c(OC)cccc1n2CCO. The standard InChI is InChI=1S/C20H28N2O3.C20H26N2O2/c1-4-21(5-2)20(24)14-8-6-9-15-18(14)19-16(22(15)12-13-23)10-7-11-17(19)25-3;1-5-21(6-2)20(23)14-10-8-11-15-18(14)19-16(22(15)7-3)12-9-13-17(19)24-4/h7,10-11,14,23H,4-6,8-9,12-13H2,1-3H3;7,9,12-14H,3,5-6,8,10-11H2,1-2,4H3. The summed E-state index contributed by atoms with van der Waals surface area (Å²) in [5.74, 6) is 1.87. The predicted octanol–water partition coefficient (Wildman–Crippen LogP) is 6.97. The first-order valence-corrected chi connectivity index (χ1v) is 18.0. The van der Waals surface area contributed by atoms with E-state index in [1.54, 1.807) is 14.2 Å². The maximum Gasteiger partial charge on any atom is 0.230 e. The van der Waals surface area contributed by atoms with Crippen molar-refractivity contribution in [2.45, 2.75) is 84.6 Å². The summed E-state index contributed by atoms with van der Waals surface area (Å²) in [6.07, 6.45) is 7.56. The minimum atomic E-state index is -0.123. The number of hydrogen-bond acceptors (Lipinski definition) is 5. The Kier molecular flexibility index (Phi) is 11.8. The number of methoxy groups -OCH3 is 2. The van der Waals surface area contributed by atoms with Gasteiger partial charge in [-0.1, -0.05) is 18.7 Å². The Hall–Kier alpha value is -4.24. The first kappa shape index (κ1) is 36.1. The molecule has 2 aliphatic rings. The van der Waals surface area contributed by atoms with Gasteiger partial charge in [-0.25, -0.2) is 0 Å². The van der Waals surface area contributed by atoms with Gasteiger partial charge in [0.25, 0.3) is 0 Å². The summed E-state index contributed by atoms with van der Waals surface area (Å²) in [6.45, 7) is 15.7. The number of ether oxygens (including phenoxy) is 2. The second-order valence-corrected chi connectivity index (χ2v) is 12.8. The number of fused-ring (bicyclic) bond motifs is 6. The summed E-state index contributed by atoms with van der Waals surface area (Å²) < 4.78 is 15.6. The van der Waals surface area contributed by atoms with Crippen molar-refractivity contribution in [3.63, 3.8) is 0 Å². The fraction of sp³-hybridized carbons (Fsp3) is 0.500. The number of carbonyl (C=O) groups excluding carboxylic acids is 2. The lowest BCUT2D eigenvalue weighted by Gasteiger charge is -2.29. The van der Waals surface area contributed by atoms with E-state index in [1.165, 1.54) is 11.4 Å². The van der Waals surface area contributed by atoms with Crippen LogP contribution in [0.5, 0.6) is 11.5 Å². The molecule has 0 saturated carbocycles. The molecule has 2 heterocycles. The van der Waals surface area contributed by atoms with Crippen LogP contribution in [0.1, 0.15) is 87.7 Å². The molecule has 2 aromatic carbocycles. The molecule has 0 fully saturated rings. The summed E-state index contributed by atoms with van der Waals surface area (Å²) in [7, 11) is 3.37. The van der Waals surface area contributed by atoms with Gasteiger partial charge in [0.1, 0.15) is 11.5 Å². The van der Waals surface area contributed by atoms with E-state index in [9.17, 15) is 14.7 Å². The van der Waals surface area contributed by atoms with E-state index in [4.69, 9.17) is 9.47 Å². The smallest absolute Gasteiger partial charge is 0.230 e. The number of aliphatic hydroxyl groups excluding tert-OH is 1. The molecule has 0 spiro atoms. The van der Waals surface area contributed by atoms with Gasteiger partial charge in [-0.2, -0.15) is 0 Å². The molecule has 2 atom stereocenters. The fourth-order valence-electron chi connectivity index (χ4n) is 8.28. The Bertz CT molecular complexity index is 1800. The van der Waals surface area contributed by atoms with Gasteiger partial charge >= 0.3 is 0 Å². The van der Waals surface area contributed by atoms with Gasteiger partial charge < -0.3 is 33.5 Å². The minimum absolute atomic E-state index is 0.0854. The molecule has 0 saturated heterocycles. The molecule has 0 bridgehead atoms. The lowest BCUT2D eigenvalue weighted by Crippen LogP contribution is -2.36. The molecule has 264 valence electrons. The Labute approximate surface area is 291 Å². The monoisotopic (exact) mass is 670 g/mol. The van der Waals surface area contributed by atoms with E-state index in [0.717, 1.165) is 109 Å². The summed E-state index contributed by atoms with van der Waals surface area (Å²) in [6, 6.07) is 12.0. The molecule has 9 nitrogen and oxygen atoms in total. The van der Waals surface area contributed by atoms with Gasteiger partial charge in [-0.05, 0) is 102 Å². The Morgan fingerprint density at radius 2 is 1.27 bits per heavy atom. The van der Waals surface area contributed by atoms with Crippen molar-refractivity contribution in [1.82, 2.24) is 18.9 Å². The number of amides is 2. The molecular formula is C40H54N4O5. The van der Waals surface area contributed by atoms with Crippen LogP contribution in [0.2, 0.25) is 0 Å². The molecule has 0 aliphatic heterocycles. The highest BCUT2D eigenvalue weighted by Gasteiger charge is 2.36. The second-order valence-electron chi connectivity index (χ2n) is 12.8. The third-order valence-corrected chi connectivity index (χ3v) is 10.5. The number of aliphatic hydroxyl groups is 1. The van der Waals surface area contributed by atoms with E-state index in [2.05, 4.69) is 27.8 Å². The summed E-state index contributed by atoms with van der Waals surface area (Å²) in [5, 5.41) is 11.6. The van der Waals surface area contributed by atoms with E-state index in [1.807, 2.05) is 68.0 Å². The van der Waals surface area contributed by atoms with Crippen LogP contribution in [-0.4, -0.2) is 82.9 Å². The Morgan fingerprint density at radius 1 is 0.796 bits per heavy atom. The van der Waals surface area contributed by atoms with E-state index >= 15 is 0 Å². The third kappa shape index (κ3) is 6.45. The van der Waals surface area contributed by atoms with Crippen LogP contribution in [0.15, 0.2) is 43.0 Å². The number of rotatable bonds is 11. The molecule has 1 N–H and O–H groups in total. The van der Waals surface area contributed by atoms with Crippen molar-refractivity contribution in [2.75, 3.05) is 47.0 Å². The number of hydrogen-bond donors (Lipinski definition) is 1. The van der Waals surface area contributed by atoms with Gasteiger partial charge in [-0.3, -0.25) is 9.59 Å². The average molecular weight is 671 g/mol. The largest absolute Gasteiger partial charge is 0.496 e. The van der Waals surface area contributed by atoms with Gasteiger partial charge in [-0.15, -0.1) is 0 Å². The fourth-order valence-corrected chi connectivity index (χ4v) is 8.28. The molecule has 2 aromatic heterocycles. The molecule has 2 aliphatic carbocycles. The summed E-state index contributed by atoms with van der Waals surface area (Å²) >= 11 is 0. The third-order valence-electron chi connectivity index (χ3n) is 10.5. The number of likely N-dealkylation sites (N-methyl/N-ethyl adjacent to an activating group) is 2. The highest BCUT2D eigenvalue weighted by molar-refractivity contribution is 5.99. The van der Waals surface area contributed by atoms with Crippen LogP contribution in [0.25, 0.3) is 28.0 Å². The van der Waals surface area contributed by atoms with Gasteiger partial charge in [0.2, 0.25) is 11.8 Å². The lowest BCUT2D eigenvalue weighted by molar-refractivity contribution is -0.133. The van der Waals surface area contributed by atoms with Crippen molar-refractivity contribution >= 4 is 39.8 Å². The number of benzene rings is 2. The number of carbonyl (C=O) groups is 2. The maximum absolute atomic E-state index is 13.2. The Morgan fingerprint density at radius 3 is 1.73 bits per heavy atom. The van der Waals surface area contributed by atoms with Crippen molar-refractivity contribution in [3.05, 3.63) is 65.5 Å². The van der Waals surface area contributed by atoms with Gasteiger partial charge in [0.05, 0.1) is 43.7 Å². The molecule has 0 radical (unpaired) electrons. The van der Waals surface area contributed by atoms with Crippen molar-refractivity contribution in [3.8, 4) is 11.5 Å². The highest BCUT2D eigenvalue weighted by Crippen LogP contribution is 2.45. The van der Waals surface area contributed by atoms with Crippen LogP contribution in [-0.2, 0) is 29.0 Å². The van der Waals surface area contributed by atoms with Crippen molar-refractivity contribution in [1.29, 1.82) is 0 Å². The quantitative estimate of drug-likeness (QED) is 0.186. The zero-order valence-electron chi connectivity index (χ0n) is 30.3. The number of nitrogens with zero attached hydrogens (tertiary/aromatic N) is 4. The zero-order chi connectivity index (χ0) is 35.2. The molecular weight excluding hydrogens is 616 g/mol. The molecule has 2 amide bonds. The van der Waals surface area contributed by atoms with Gasteiger partial charge in [0.15, 0.2) is 0 Å². The summed E-state index contributed by atoms with van der Waals surface area (Å²) in [5.41, 5.74) is 6.78. The first-order valence-electron chi connectivity index (χ1n) is 18.0. The normalized spacial score (nSPS) is 16.7. The van der Waals surface area contributed by atoms with E-state index < -0.39 is 0 Å². The first-order chi connectivity index (χ1) is 23.8. The molecule has 4 aromatic rings. The maximum atomic E-state index is 13.2. The molecule has 49 heavy (non-hydrogen) atoms. The molecule has 2 unspecified atom stereocenters. The van der Waals surface area contributed by atoms with E-state index in [0.29, 0.717) is 6.54 Å². The molecule has 6 rings (SSSR count). The van der Waals surface area contributed by atoms with Crippen LogP contribution in [0.4, 0.5) is 0 Å². The van der Waals surface area contributed by atoms with E-state index in [-0.39, 0.29) is 30.3 Å². The minimum Gasteiger partial charge on any atom is -0.496 e.